The lowest BCUT2D eigenvalue weighted by molar-refractivity contribution is -0.128. The average molecular weight is 472 g/mol. The number of hydrogen-bond donors (Lipinski definition) is 1. The summed E-state index contributed by atoms with van der Waals surface area (Å²) in [6.07, 6.45) is 4.97. The number of benzene rings is 3. The van der Waals surface area contributed by atoms with E-state index in [2.05, 4.69) is 64.5 Å². The molecule has 0 aliphatic rings. The van der Waals surface area contributed by atoms with Gasteiger partial charge < -0.3 is 14.6 Å². The topological polar surface area (TPSA) is 56.2 Å². The zero-order chi connectivity index (χ0) is 24.7. The largest absolute Gasteiger partial charge is 0.494 e. The Morgan fingerprint density at radius 1 is 0.914 bits per heavy atom. The summed E-state index contributed by atoms with van der Waals surface area (Å²) in [7, 11) is 0. The number of carbonyl (C=O) groups excluding carboxylic acids is 1. The SMILES string of the molecule is CC(C)(C)C(=O)NCCCCCc1nc2ccccc2n1CCCOc1ccc2ccccc2c1. The number of ether oxygens (including phenoxy) is 1. The van der Waals surface area contributed by atoms with Crippen molar-refractivity contribution >= 4 is 27.7 Å². The van der Waals surface area contributed by atoms with Crippen molar-refractivity contribution in [3.8, 4) is 5.75 Å². The van der Waals surface area contributed by atoms with Gasteiger partial charge in [0.05, 0.1) is 17.6 Å². The molecule has 0 atom stereocenters. The van der Waals surface area contributed by atoms with Crippen LogP contribution in [-0.4, -0.2) is 28.6 Å². The second-order valence-electron chi connectivity index (χ2n) is 10.2. The van der Waals surface area contributed by atoms with Gasteiger partial charge in [-0.25, -0.2) is 4.98 Å². The lowest BCUT2D eigenvalue weighted by atomic mass is 9.96. The van der Waals surface area contributed by atoms with E-state index in [0.29, 0.717) is 6.61 Å². The van der Waals surface area contributed by atoms with Crippen molar-refractivity contribution < 1.29 is 9.53 Å². The zero-order valence-corrected chi connectivity index (χ0v) is 21.2. The molecule has 0 saturated heterocycles. The summed E-state index contributed by atoms with van der Waals surface area (Å²) in [5, 5.41) is 5.47. The molecule has 1 heterocycles. The fourth-order valence-corrected chi connectivity index (χ4v) is 4.29. The van der Waals surface area contributed by atoms with Gasteiger partial charge >= 0.3 is 0 Å². The van der Waals surface area contributed by atoms with Crippen molar-refractivity contribution in [1.82, 2.24) is 14.9 Å². The van der Waals surface area contributed by atoms with E-state index in [1.165, 1.54) is 16.3 Å². The van der Waals surface area contributed by atoms with E-state index in [1.807, 2.05) is 32.9 Å². The molecule has 0 fully saturated rings. The molecular formula is C30H37N3O2. The highest BCUT2D eigenvalue weighted by Crippen LogP contribution is 2.22. The number of carbonyl (C=O) groups is 1. The van der Waals surface area contributed by atoms with Crippen LogP contribution in [0.3, 0.4) is 0 Å². The van der Waals surface area contributed by atoms with Crippen LogP contribution in [0.2, 0.25) is 0 Å². The van der Waals surface area contributed by atoms with Crippen LogP contribution in [0.4, 0.5) is 0 Å². The van der Waals surface area contributed by atoms with Gasteiger partial charge in [0.25, 0.3) is 0 Å². The van der Waals surface area contributed by atoms with Crippen LogP contribution in [-0.2, 0) is 17.8 Å². The number of nitrogens with one attached hydrogen (secondary N) is 1. The first-order valence-electron chi connectivity index (χ1n) is 12.8. The molecule has 5 heteroatoms. The Labute approximate surface area is 208 Å². The van der Waals surface area contributed by atoms with Crippen LogP contribution in [0.1, 0.15) is 52.3 Å². The highest BCUT2D eigenvalue weighted by molar-refractivity contribution is 5.83. The second kappa shape index (κ2) is 11.4. The number of rotatable bonds is 11. The molecule has 5 nitrogen and oxygen atoms in total. The van der Waals surface area contributed by atoms with Gasteiger partial charge in [-0.05, 0) is 54.3 Å². The van der Waals surface area contributed by atoms with Crippen LogP contribution in [0, 0.1) is 5.41 Å². The Bertz CT molecular complexity index is 1270. The van der Waals surface area contributed by atoms with E-state index in [4.69, 9.17) is 9.72 Å². The number of fused-ring (bicyclic) bond motifs is 2. The minimum atomic E-state index is -0.330. The molecule has 1 aromatic heterocycles. The van der Waals surface area contributed by atoms with Gasteiger partial charge in [-0.2, -0.15) is 0 Å². The molecule has 4 rings (SSSR count). The van der Waals surface area contributed by atoms with Crippen molar-refractivity contribution in [1.29, 1.82) is 0 Å². The third kappa shape index (κ3) is 6.62. The zero-order valence-electron chi connectivity index (χ0n) is 21.2. The van der Waals surface area contributed by atoms with Crippen molar-refractivity contribution in [2.24, 2.45) is 5.41 Å². The van der Waals surface area contributed by atoms with Crippen molar-refractivity contribution in [3.63, 3.8) is 0 Å². The molecule has 35 heavy (non-hydrogen) atoms. The first kappa shape index (κ1) is 24.8. The molecule has 3 aromatic carbocycles. The summed E-state index contributed by atoms with van der Waals surface area (Å²) in [5.41, 5.74) is 1.91. The monoisotopic (exact) mass is 471 g/mol. The van der Waals surface area contributed by atoms with E-state index in [9.17, 15) is 4.79 Å². The normalized spacial score (nSPS) is 11.7. The molecule has 0 unspecified atom stereocenters. The Hall–Kier alpha value is -3.34. The van der Waals surface area contributed by atoms with Crippen molar-refractivity contribution in [3.05, 3.63) is 72.6 Å². The van der Waals surface area contributed by atoms with E-state index < -0.39 is 0 Å². The number of para-hydroxylation sites is 2. The third-order valence-corrected chi connectivity index (χ3v) is 6.29. The molecule has 1 N–H and O–H groups in total. The molecule has 0 aliphatic carbocycles. The van der Waals surface area contributed by atoms with Crippen molar-refractivity contribution in [2.75, 3.05) is 13.2 Å². The summed E-state index contributed by atoms with van der Waals surface area (Å²) in [6, 6.07) is 23.0. The number of imidazole rings is 1. The molecule has 0 radical (unpaired) electrons. The van der Waals surface area contributed by atoms with Gasteiger partial charge in [0, 0.05) is 24.9 Å². The Morgan fingerprint density at radius 2 is 1.69 bits per heavy atom. The summed E-state index contributed by atoms with van der Waals surface area (Å²) >= 11 is 0. The third-order valence-electron chi connectivity index (χ3n) is 6.29. The quantitative estimate of drug-likeness (QED) is 0.253. The molecule has 184 valence electrons. The Kier molecular flexibility index (Phi) is 8.06. The van der Waals surface area contributed by atoms with E-state index >= 15 is 0 Å². The van der Waals surface area contributed by atoms with Crippen LogP contribution in [0.15, 0.2) is 66.7 Å². The number of aryl methyl sites for hydroxylation is 2. The van der Waals surface area contributed by atoms with E-state index in [1.54, 1.807) is 0 Å². The minimum absolute atomic E-state index is 0.116. The number of unbranched alkanes of at least 4 members (excludes halogenated alkanes) is 2. The van der Waals surface area contributed by atoms with Crippen LogP contribution in [0.5, 0.6) is 5.75 Å². The van der Waals surface area contributed by atoms with Crippen molar-refractivity contribution in [2.45, 2.75) is 59.4 Å². The predicted molar refractivity (Wildman–Crippen MR) is 144 cm³/mol. The summed E-state index contributed by atoms with van der Waals surface area (Å²) in [4.78, 5) is 16.9. The minimum Gasteiger partial charge on any atom is -0.494 e. The van der Waals surface area contributed by atoms with E-state index in [0.717, 1.165) is 62.3 Å². The maximum absolute atomic E-state index is 12.0. The highest BCUT2D eigenvalue weighted by atomic mass is 16.5. The number of nitrogens with zero attached hydrogens (tertiary/aromatic N) is 2. The van der Waals surface area contributed by atoms with Gasteiger partial charge in [-0.3, -0.25) is 4.79 Å². The molecule has 0 aliphatic heterocycles. The summed E-state index contributed by atoms with van der Waals surface area (Å²) in [5.74, 6) is 2.17. The Morgan fingerprint density at radius 3 is 2.51 bits per heavy atom. The summed E-state index contributed by atoms with van der Waals surface area (Å²) < 4.78 is 8.41. The first-order valence-corrected chi connectivity index (χ1v) is 12.8. The van der Waals surface area contributed by atoms with Gasteiger partial charge in [0.1, 0.15) is 11.6 Å². The average Bonchev–Trinajstić information content (AvgIpc) is 3.20. The standard InChI is InChI=1S/C30H37N3O2/c1-30(2,3)29(34)31-19-10-4-5-16-28-32-26-14-8-9-15-27(26)33(28)20-11-21-35-25-18-17-23-12-6-7-13-24(23)22-25/h6-9,12-15,17-18,22H,4-5,10-11,16,19-21H2,1-3H3,(H,31,34). The Balaban J connectivity index is 1.28. The number of hydrogen-bond acceptors (Lipinski definition) is 3. The number of amides is 1. The molecule has 1 amide bonds. The van der Waals surface area contributed by atoms with Crippen LogP contribution < -0.4 is 10.1 Å². The van der Waals surface area contributed by atoms with E-state index in [-0.39, 0.29) is 11.3 Å². The van der Waals surface area contributed by atoms with Gasteiger partial charge in [0.15, 0.2) is 0 Å². The molecule has 4 aromatic rings. The lowest BCUT2D eigenvalue weighted by Gasteiger charge is -2.17. The molecule has 0 spiro atoms. The fourth-order valence-electron chi connectivity index (χ4n) is 4.29. The summed E-state index contributed by atoms with van der Waals surface area (Å²) in [6.45, 7) is 8.11. The van der Waals surface area contributed by atoms with Gasteiger partial charge in [-0.1, -0.05) is 69.7 Å². The smallest absolute Gasteiger partial charge is 0.225 e. The maximum Gasteiger partial charge on any atom is 0.225 e. The molecule has 0 bridgehead atoms. The fraction of sp³-hybridized carbons (Fsp3) is 0.400. The molecule has 0 saturated carbocycles. The molecular weight excluding hydrogens is 434 g/mol. The van der Waals surface area contributed by atoms with Crippen LogP contribution >= 0.6 is 0 Å². The lowest BCUT2D eigenvalue weighted by Crippen LogP contribution is -2.35. The van der Waals surface area contributed by atoms with Gasteiger partial charge in [0.2, 0.25) is 5.91 Å². The number of aromatic nitrogens is 2. The highest BCUT2D eigenvalue weighted by Gasteiger charge is 2.20. The first-order chi connectivity index (χ1) is 16.9. The second-order valence-corrected chi connectivity index (χ2v) is 10.2. The van der Waals surface area contributed by atoms with Gasteiger partial charge in [-0.15, -0.1) is 0 Å². The van der Waals surface area contributed by atoms with Crippen LogP contribution in [0.25, 0.3) is 21.8 Å². The predicted octanol–water partition coefficient (Wildman–Crippen LogP) is 6.53. The maximum atomic E-state index is 12.0.